The Labute approximate surface area is 169 Å². The minimum Gasteiger partial charge on any atom is -0.494 e. The maximum absolute atomic E-state index is 12.5. The molecule has 2 aromatic rings. The van der Waals surface area contributed by atoms with Crippen LogP contribution in [-0.2, 0) is 4.79 Å². The van der Waals surface area contributed by atoms with Gasteiger partial charge in [0, 0.05) is 5.69 Å². The molecule has 0 fully saturated rings. The molecule has 1 unspecified atom stereocenters. The number of benzene rings is 2. The molecular weight excluding hydrogens is 350 g/mol. The van der Waals surface area contributed by atoms with Gasteiger partial charge in [0.05, 0.1) is 6.61 Å². The van der Waals surface area contributed by atoms with Crippen molar-refractivity contribution in [2.45, 2.75) is 65.9 Å². The third-order valence-electron chi connectivity index (χ3n) is 4.71. The molecule has 2 rings (SSSR count). The normalized spacial score (nSPS) is 11.7. The lowest BCUT2D eigenvalue weighted by molar-refractivity contribution is -0.122. The van der Waals surface area contributed by atoms with Crippen LogP contribution in [0.25, 0.3) is 0 Å². The average molecular weight is 384 g/mol. The van der Waals surface area contributed by atoms with E-state index in [1.807, 2.05) is 56.3 Å². The quantitative estimate of drug-likeness (QED) is 0.480. The van der Waals surface area contributed by atoms with Crippen LogP contribution in [0, 0.1) is 13.8 Å². The second-order valence-electron chi connectivity index (χ2n) is 7.26. The first kappa shape index (κ1) is 21.8. The number of para-hydroxylation sites is 1. The summed E-state index contributed by atoms with van der Waals surface area (Å²) in [7, 11) is 0. The van der Waals surface area contributed by atoms with Gasteiger partial charge in [0.15, 0.2) is 6.10 Å². The van der Waals surface area contributed by atoms with Crippen molar-refractivity contribution in [3.05, 3.63) is 53.6 Å². The lowest BCUT2D eigenvalue weighted by Gasteiger charge is -2.18. The van der Waals surface area contributed by atoms with Gasteiger partial charge < -0.3 is 14.8 Å². The summed E-state index contributed by atoms with van der Waals surface area (Å²) in [5.41, 5.74) is 2.78. The van der Waals surface area contributed by atoms with Crippen LogP contribution in [0.1, 0.15) is 57.1 Å². The number of hydrogen-bond donors (Lipinski definition) is 1. The zero-order chi connectivity index (χ0) is 20.4. The zero-order valence-electron chi connectivity index (χ0n) is 17.6. The standard InChI is InChI=1S/C24H33NO3/c1-5-6-7-8-9-17-27-22-15-13-21(14-16-22)25-24(26)20(4)28-23-18(2)11-10-12-19(23)3/h10-16,20H,5-9,17H2,1-4H3,(H,25,26). The molecule has 0 saturated heterocycles. The maximum Gasteiger partial charge on any atom is 0.265 e. The molecule has 1 atom stereocenters. The molecule has 2 aromatic carbocycles. The van der Waals surface area contributed by atoms with Crippen molar-refractivity contribution >= 4 is 11.6 Å². The summed E-state index contributed by atoms with van der Waals surface area (Å²) >= 11 is 0. The summed E-state index contributed by atoms with van der Waals surface area (Å²) in [6.45, 7) is 8.67. The van der Waals surface area contributed by atoms with Gasteiger partial charge in [-0.1, -0.05) is 50.8 Å². The van der Waals surface area contributed by atoms with Crippen LogP contribution in [-0.4, -0.2) is 18.6 Å². The number of nitrogens with one attached hydrogen (secondary N) is 1. The van der Waals surface area contributed by atoms with Gasteiger partial charge in [-0.3, -0.25) is 4.79 Å². The number of aryl methyl sites for hydroxylation is 2. The Morgan fingerprint density at radius 3 is 2.25 bits per heavy atom. The number of carbonyl (C=O) groups excluding carboxylic acids is 1. The Bertz CT molecular complexity index is 720. The Morgan fingerprint density at radius 2 is 1.61 bits per heavy atom. The molecule has 152 valence electrons. The van der Waals surface area contributed by atoms with E-state index in [9.17, 15) is 4.79 Å². The van der Waals surface area contributed by atoms with E-state index < -0.39 is 6.10 Å². The second-order valence-corrected chi connectivity index (χ2v) is 7.26. The van der Waals surface area contributed by atoms with Gasteiger partial charge in [-0.2, -0.15) is 0 Å². The Kier molecular flexibility index (Phi) is 8.86. The van der Waals surface area contributed by atoms with Gasteiger partial charge in [0.2, 0.25) is 0 Å². The largest absolute Gasteiger partial charge is 0.494 e. The van der Waals surface area contributed by atoms with Crippen LogP contribution in [0.4, 0.5) is 5.69 Å². The lowest BCUT2D eigenvalue weighted by Crippen LogP contribution is -2.30. The fraction of sp³-hybridized carbons (Fsp3) is 0.458. The molecule has 1 N–H and O–H groups in total. The van der Waals surface area contributed by atoms with Crippen LogP contribution in [0.3, 0.4) is 0 Å². The number of ether oxygens (including phenoxy) is 2. The van der Waals surface area contributed by atoms with Crippen LogP contribution in [0.5, 0.6) is 11.5 Å². The van der Waals surface area contributed by atoms with Crippen molar-refractivity contribution < 1.29 is 14.3 Å². The van der Waals surface area contributed by atoms with Crippen molar-refractivity contribution in [3.63, 3.8) is 0 Å². The summed E-state index contributed by atoms with van der Waals surface area (Å²) in [6.07, 6.45) is 5.51. The Hall–Kier alpha value is -2.49. The molecule has 0 heterocycles. The van der Waals surface area contributed by atoms with Crippen molar-refractivity contribution in [2.75, 3.05) is 11.9 Å². The molecular formula is C24H33NO3. The number of carbonyl (C=O) groups is 1. The van der Waals surface area contributed by atoms with Gasteiger partial charge in [-0.15, -0.1) is 0 Å². The highest BCUT2D eigenvalue weighted by atomic mass is 16.5. The zero-order valence-corrected chi connectivity index (χ0v) is 17.6. The second kappa shape index (κ2) is 11.4. The fourth-order valence-corrected chi connectivity index (χ4v) is 2.99. The maximum atomic E-state index is 12.5. The molecule has 4 nitrogen and oxygen atoms in total. The monoisotopic (exact) mass is 383 g/mol. The molecule has 0 radical (unpaired) electrons. The van der Waals surface area contributed by atoms with E-state index in [-0.39, 0.29) is 5.91 Å². The van der Waals surface area contributed by atoms with E-state index in [1.54, 1.807) is 6.92 Å². The van der Waals surface area contributed by atoms with Crippen LogP contribution < -0.4 is 14.8 Å². The first-order valence-electron chi connectivity index (χ1n) is 10.3. The number of hydrogen-bond acceptors (Lipinski definition) is 3. The Balaban J connectivity index is 1.80. The number of unbranched alkanes of at least 4 members (excludes halogenated alkanes) is 4. The van der Waals surface area contributed by atoms with E-state index in [1.165, 1.54) is 25.7 Å². The van der Waals surface area contributed by atoms with Crippen LogP contribution >= 0.6 is 0 Å². The average Bonchev–Trinajstić information content (AvgIpc) is 2.68. The third-order valence-corrected chi connectivity index (χ3v) is 4.71. The molecule has 0 spiro atoms. The number of rotatable bonds is 11. The van der Waals surface area contributed by atoms with Gasteiger partial charge in [0.25, 0.3) is 5.91 Å². The van der Waals surface area contributed by atoms with Crippen molar-refractivity contribution in [1.82, 2.24) is 0 Å². The smallest absolute Gasteiger partial charge is 0.265 e. The predicted octanol–water partition coefficient (Wildman–Crippen LogP) is 6.06. The van der Waals surface area contributed by atoms with E-state index in [0.717, 1.165) is 41.3 Å². The summed E-state index contributed by atoms with van der Waals surface area (Å²) in [6, 6.07) is 13.4. The third kappa shape index (κ3) is 6.91. The number of anilines is 1. The summed E-state index contributed by atoms with van der Waals surface area (Å²) in [4.78, 5) is 12.5. The van der Waals surface area contributed by atoms with E-state index in [4.69, 9.17) is 9.47 Å². The lowest BCUT2D eigenvalue weighted by atomic mass is 10.1. The highest BCUT2D eigenvalue weighted by Gasteiger charge is 2.17. The first-order chi connectivity index (χ1) is 13.5. The van der Waals surface area contributed by atoms with Gasteiger partial charge in [-0.05, 0) is 62.6 Å². The SMILES string of the molecule is CCCCCCCOc1ccc(NC(=O)C(C)Oc2c(C)cccc2C)cc1. The van der Waals surface area contributed by atoms with Crippen LogP contribution in [0.15, 0.2) is 42.5 Å². The van der Waals surface area contributed by atoms with Crippen molar-refractivity contribution in [3.8, 4) is 11.5 Å². The first-order valence-corrected chi connectivity index (χ1v) is 10.3. The highest BCUT2D eigenvalue weighted by molar-refractivity contribution is 5.94. The summed E-state index contributed by atoms with van der Waals surface area (Å²) in [5.74, 6) is 1.42. The van der Waals surface area contributed by atoms with Gasteiger partial charge in [0.1, 0.15) is 11.5 Å². The molecule has 0 aromatic heterocycles. The highest BCUT2D eigenvalue weighted by Crippen LogP contribution is 2.24. The Morgan fingerprint density at radius 1 is 0.964 bits per heavy atom. The number of amides is 1. The fourth-order valence-electron chi connectivity index (χ4n) is 2.99. The van der Waals surface area contributed by atoms with E-state index >= 15 is 0 Å². The van der Waals surface area contributed by atoms with Gasteiger partial charge >= 0.3 is 0 Å². The van der Waals surface area contributed by atoms with Gasteiger partial charge in [-0.25, -0.2) is 0 Å². The molecule has 0 aliphatic carbocycles. The predicted molar refractivity (Wildman–Crippen MR) is 115 cm³/mol. The molecule has 0 aliphatic heterocycles. The summed E-state index contributed by atoms with van der Waals surface area (Å²) < 4.78 is 11.7. The molecule has 1 amide bonds. The van der Waals surface area contributed by atoms with Crippen molar-refractivity contribution in [1.29, 1.82) is 0 Å². The molecule has 4 heteroatoms. The molecule has 28 heavy (non-hydrogen) atoms. The topological polar surface area (TPSA) is 47.6 Å². The molecule has 0 aliphatic rings. The minimum atomic E-state index is -0.584. The molecule has 0 saturated carbocycles. The summed E-state index contributed by atoms with van der Waals surface area (Å²) in [5, 5.41) is 2.90. The molecule has 0 bridgehead atoms. The van der Waals surface area contributed by atoms with E-state index in [0.29, 0.717) is 0 Å². The van der Waals surface area contributed by atoms with E-state index in [2.05, 4.69) is 12.2 Å². The van der Waals surface area contributed by atoms with Crippen molar-refractivity contribution in [2.24, 2.45) is 0 Å². The van der Waals surface area contributed by atoms with Crippen LogP contribution in [0.2, 0.25) is 0 Å². The minimum absolute atomic E-state index is 0.174.